The molecule has 2 N–H and O–H groups in total. The van der Waals surface area contributed by atoms with Crippen LogP contribution in [0.15, 0.2) is 30.3 Å². The predicted molar refractivity (Wildman–Crippen MR) is 89.8 cm³/mol. The zero-order valence-electron chi connectivity index (χ0n) is 14.1. The number of anilines is 1. The molecule has 0 bridgehead atoms. The summed E-state index contributed by atoms with van der Waals surface area (Å²) in [6.45, 7) is 7.83. The SMILES string of the molecule is CC(=O)N[C@H](C(=O)NC[C@H](C)N(C)c1ccccc1)C(C)C. The minimum Gasteiger partial charge on any atom is -0.370 e. The van der Waals surface area contributed by atoms with E-state index in [4.69, 9.17) is 0 Å². The van der Waals surface area contributed by atoms with Crippen molar-refractivity contribution >= 4 is 17.5 Å². The lowest BCUT2D eigenvalue weighted by Crippen LogP contribution is -2.51. The lowest BCUT2D eigenvalue weighted by atomic mass is 10.0. The van der Waals surface area contributed by atoms with E-state index in [1.54, 1.807) is 0 Å². The molecule has 0 aromatic heterocycles. The molecule has 0 aliphatic rings. The molecule has 122 valence electrons. The molecule has 0 unspecified atom stereocenters. The Hall–Kier alpha value is -2.04. The molecule has 0 saturated carbocycles. The van der Waals surface area contributed by atoms with Gasteiger partial charge in [0.15, 0.2) is 0 Å². The van der Waals surface area contributed by atoms with Gasteiger partial charge in [0.2, 0.25) is 11.8 Å². The van der Waals surface area contributed by atoms with Crippen molar-refractivity contribution in [2.24, 2.45) is 5.92 Å². The number of rotatable bonds is 7. The Bertz CT molecular complexity index is 488. The third kappa shape index (κ3) is 5.39. The van der Waals surface area contributed by atoms with Gasteiger partial charge in [0.1, 0.15) is 6.04 Å². The molecule has 0 aliphatic heterocycles. The standard InChI is InChI=1S/C17H27N3O2/c1-12(2)16(19-14(4)21)17(22)18-11-13(3)20(5)15-9-7-6-8-10-15/h6-10,12-13,16H,11H2,1-5H3,(H,18,22)(H,19,21)/t13-,16-/m0/s1. The molecule has 0 fully saturated rings. The molecular weight excluding hydrogens is 278 g/mol. The summed E-state index contributed by atoms with van der Waals surface area (Å²) in [5.74, 6) is -0.284. The molecular formula is C17H27N3O2. The Labute approximate surface area is 133 Å². The van der Waals surface area contributed by atoms with Crippen LogP contribution in [-0.4, -0.2) is 37.5 Å². The van der Waals surface area contributed by atoms with E-state index in [1.807, 2.05) is 51.2 Å². The molecule has 1 aromatic rings. The third-order valence-corrected chi connectivity index (χ3v) is 3.70. The van der Waals surface area contributed by atoms with Gasteiger partial charge in [-0.25, -0.2) is 0 Å². The molecule has 0 spiro atoms. The molecule has 0 saturated heterocycles. The van der Waals surface area contributed by atoms with E-state index in [-0.39, 0.29) is 23.8 Å². The Kier molecular flexibility index (Phi) is 6.89. The zero-order chi connectivity index (χ0) is 16.7. The Morgan fingerprint density at radius 3 is 2.23 bits per heavy atom. The monoisotopic (exact) mass is 305 g/mol. The highest BCUT2D eigenvalue weighted by Crippen LogP contribution is 2.13. The third-order valence-electron chi connectivity index (χ3n) is 3.70. The minimum atomic E-state index is -0.494. The number of carbonyl (C=O) groups excluding carboxylic acids is 2. The van der Waals surface area contributed by atoms with E-state index in [2.05, 4.69) is 22.5 Å². The Morgan fingerprint density at radius 2 is 1.73 bits per heavy atom. The lowest BCUT2D eigenvalue weighted by molar-refractivity contribution is -0.129. The molecule has 2 atom stereocenters. The first-order valence-corrected chi connectivity index (χ1v) is 7.65. The van der Waals surface area contributed by atoms with Crippen LogP contribution in [0.1, 0.15) is 27.7 Å². The summed E-state index contributed by atoms with van der Waals surface area (Å²) in [7, 11) is 2.00. The highest BCUT2D eigenvalue weighted by molar-refractivity contribution is 5.87. The van der Waals surface area contributed by atoms with Crippen LogP contribution in [0.25, 0.3) is 0 Å². The van der Waals surface area contributed by atoms with Crippen LogP contribution in [0, 0.1) is 5.92 Å². The smallest absolute Gasteiger partial charge is 0.242 e. The fourth-order valence-electron chi connectivity index (χ4n) is 2.17. The summed E-state index contributed by atoms with van der Waals surface area (Å²) in [6, 6.07) is 9.68. The quantitative estimate of drug-likeness (QED) is 0.807. The molecule has 1 rings (SSSR count). The lowest BCUT2D eigenvalue weighted by Gasteiger charge is -2.28. The van der Waals surface area contributed by atoms with Gasteiger partial charge >= 0.3 is 0 Å². The van der Waals surface area contributed by atoms with Crippen LogP contribution in [0.5, 0.6) is 0 Å². The summed E-state index contributed by atoms with van der Waals surface area (Å²) in [5.41, 5.74) is 1.10. The zero-order valence-corrected chi connectivity index (χ0v) is 14.1. The van der Waals surface area contributed by atoms with Crippen LogP contribution >= 0.6 is 0 Å². The van der Waals surface area contributed by atoms with Gasteiger partial charge < -0.3 is 15.5 Å². The van der Waals surface area contributed by atoms with Gasteiger partial charge in [-0.05, 0) is 25.0 Å². The van der Waals surface area contributed by atoms with Crippen molar-refractivity contribution in [2.45, 2.75) is 39.8 Å². The van der Waals surface area contributed by atoms with Crippen LogP contribution in [0.4, 0.5) is 5.69 Å². The summed E-state index contributed by atoms with van der Waals surface area (Å²) in [4.78, 5) is 25.5. The van der Waals surface area contributed by atoms with Crippen molar-refractivity contribution in [3.63, 3.8) is 0 Å². The summed E-state index contributed by atoms with van der Waals surface area (Å²) >= 11 is 0. The summed E-state index contributed by atoms with van der Waals surface area (Å²) < 4.78 is 0. The van der Waals surface area contributed by atoms with Crippen LogP contribution in [0.2, 0.25) is 0 Å². The number of carbonyl (C=O) groups is 2. The number of amides is 2. The van der Waals surface area contributed by atoms with E-state index >= 15 is 0 Å². The minimum absolute atomic E-state index is 0.0473. The number of para-hydroxylation sites is 1. The van der Waals surface area contributed by atoms with Crippen molar-refractivity contribution < 1.29 is 9.59 Å². The maximum absolute atomic E-state index is 12.2. The number of likely N-dealkylation sites (N-methyl/N-ethyl adjacent to an activating group) is 1. The average molecular weight is 305 g/mol. The van der Waals surface area contributed by atoms with E-state index in [0.717, 1.165) is 5.69 Å². The predicted octanol–water partition coefficient (Wildman–Crippen LogP) is 1.79. The first-order valence-electron chi connectivity index (χ1n) is 7.65. The number of hydrogen-bond acceptors (Lipinski definition) is 3. The van der Waals surface area contributed by atoms with Gasteiger partial charge in [-0.3, -0.25) is 9.59 Å². The van der Waals surface area contributed by atoms with Crippen molar-refractivity contribution in [3.8, 4) is 0 Å². The topological polar surface area (TPSA) is 61.4 Å². The van der Waals surface area contributed by atoms with Gasteiger partial charge in [-0.2, -0.15) is 0 Å². The molecule has 0 aliphatic carbocycles. The molecule has 1 aromatic carbocycles. The van der Waals surface area contributed by atoms with E-state index in [0.29, 0.717) is 6.54 Å². The highest BCUT2D eigenvalue weighted by Gasteiger charge is 2.23. The van der Waals surface area contributed by atoms with Crippen molar-refractivity contribution in [1.82, 2.24) is 10.6 Å². The van der Waals surface area contributed by atoms with E-state index in [9.17, 15) is 9.59 Å². The van der Waals surface area contributed by atoms with Crippen molar-refractivity contribution in [3.05, 3.63) is 30.3 Å². The van der Waals surface area contributed by atoms with Gasteiger partial charge in [-0.15, -0.1) is 0 Å². The largest absolute Gasteiger partial charge is 0.370 e. The fraction of sp³-hybridized carbons (Fsp3) is 0.529. The normalized spacial score (nSPS) is 13.4. The fourth-order valence-corrected chi connectivity index (χ4v) is 2.17. The number of nitrogens with one attached hydrogen (secondary N) is 2. The van der Waals surface area contributed by atoms with E-state index < -0.39 is 6.04 Å². The Balaban J connectivity index is 2.56. The molecule has 5 nitrogen and oxygen atoms in total. The molecule has 2 amide bonds. The molecule has 0 radical (unpaired) electrons. The van der Waals surface area contributed by atoms with Crippen molar-refractivity contribution in [2.75, 3.05) is 18.5 Å². The van der Waals surface area contributed by atoms with Gasteiger partial charge in [0.25, 0.3) is 0 Å². The maximum Gasteiger partial charge on any atom is 0.242 e. The van der Waals surface area contributed by atoms with Gasteiger partial charge in [-0.1, -0.05) is 32.0 Å². The van der Waals surface area contributed by atoms with Crippen LogP contribution < -0.4 is 15.5 Å². The second-order valence-corrected chi connectivity index (χ2v) is 5.96. The number of hydrogen-bond donors (Lipinski definition) is 2. The second kappa shape index (κ2) is 8.41. The molecule has 0 heterocycles. The van der Waals surface area contributed by atoms with E-state index in [1.165, 1.54) is 6.92 Å². The summed E-state index contributed by atoms with van der Waals surface area (Å²) in [5, 5.41) is 5.62. The van der Waals surface area contributed by atoms with Crippen LogP contribution in [0.3, 0.4) is 0 Å². The van der Waals surface area contributed by atoms with Gasteiger partial charge in [0, 0.05) is 32.2 Å². The molecule has 5 heteroatoms. The number of benzene rings is 1. The average Bonchev–Trinajstić information content (AvgIpc) is 2.49. The van der Waals surface area contributed by atoms with Gasteiger partial charge in [0.05, 0.1) is 0 Å². The Morgan fingerprint density at radius 1 is 1.14 bits per heavy atom. The van der Waals surface area contributed by atoms with Crippen molar-refractivity contribution in [1.29, 1.82) is 0 Å². The molecule has 22 heavy (non-hydrogen) atoms. The first kappa shape index (κ1) is 18.0. The second-order valence-electron chi connectivity index (χ2n) is 5.96. The highest BCUT2D eigenvalue weighted by atomic mass is 16.2. The first-order chi connectivity index (χ1) is 10.3. The maximum atomic E-state index is 12.2. The summed E-state index contributed by atoms with van der Waals surface area (Å²) in [6.07, 6.45) is 0. The number of nitrogens with zero attached hydrogens (tertiary/aromatic N) is 1. The van der Waals surface area contributed by atoms with Crippen LogP contribution in [-0.2, 0) is 9.59 Å².